The van der Waals surface area contributed by atoms with Crippen LogP contribution in [0.3, 0.4) is 0 Å². The van der Waals surface area contributed by atoms with Gasteiger partial charge in [-0.05, 0) is 56.1 Å². The number of rotatable bonds is 2. The van der Waals surface area contributed by atoms with Crippen molar-refractivity contribution in [3.63, 3.8) is 0 Å². The molecule has 0 bridgehead atoms. The monoisotopic (exact) mass is 384 g/mol. The zero-order valence-electron chi connectivity index (χ0n) is 15.4. The van der Waals surface area contributed by atoms with E-state index in [4.69, 9.17) is 0 Å². The number of hydrogen-bond acceptors (Lipinski definition) is 5. The third-order valence-electron chi connectivity index (χ3n) is 8.25. The summed E-state index contributed by atoms with van der Waals surface area (Å²) in [5.74, 6) is -0.227. The van der Waals surface area contributed by atoms with Gasteiger partial charge in [-0.15, -0.1) is 0 Å². The van der Waals surface area contributed by atoms with Crippen LogP contribution in [-0.4, -0.2) is 74.8 Å². The van der Waals surface area contributed by atoms with Crippen LogP contribution in [0.15, 0.2) is 23.8 Å². The van der Waals surface area contributed by atoms with Crippen molar-refractivity contribution in [2.24, 2.45) is 28.6 Å². The number of carbonyl (C=O) groups is 2. The molecule has 0 aromatic rings. The first-order chi connectivity index (χ1) is 12.2. The first-order valence-electron chi connectivity index (χ1n) is 9.66. The molecule has 3 saturated carbocycles. The summed E-state index contributed by atoms with van der Waals surface area (Å²) in [7, 11) is 0. The molecule has 0 saturated heterocycles. The summed E-state index contributed by atoms with van der Waals surface area (Å²) in [5, 5.41) is 31.7. The minimum absolute atomic E-state index is 0. The molecule has 0 aliphatic heterocycles. The molecule has 7 atom stereocenters. The van der Waals surface area contributed by atoms with Crippen molar-refractivity contribution in [2.45, 2.75) is 57.7 Å². The second-order valence-corrected chi connectivity index (χ2v) is 9.19. The molecule has 3 N–H and O–H groups in total. The topological polar surface area (TPSA) is 94.8 Å². The second-order valence-electron chi connectivity index (χ2n) is 9.19. The molecule has 144 valence electrons. The van der Waals surface area contributed by atoms with E-state index in [1.54, 1.807) is 12.2 Å². The van der Waals surface area contributed by atoms with Gasteiger partial charge in [-0.1, -0.05) is 25.5 Å². The molecule has 4 aliphatic rings. The molecule has 4 rings (SSSR count). The summed E-state index contributed by atoms with van der Waals surface area (Å²) in [4.78, 5) is 24.2. The Kier molecular flexibility index (Phi) is 5.46. The van der Waals surface area contributed by atoms with E-state index in [1.807, 2.05) is 13.0 Å². The SMILES string of the molecule is C[C@]12C=CC(=O)C=C1CC[C@@H]1[C@@H]2[C@@H](O)C[C@@]2(C)[C@H]1CC[C@]2(O)C(=O)CO.[NaH]. The van der Waals surface area contributed by atoms with Crippen LogP contribution in [0.25, 0.3) is 0 Å². The van der Waals surface area contributed by atoms with Gasteiger partial charge >= 0.3 is 29.6 Å². The van der Waals surface area contributed by atoms with Crippen LogP contribution in [0.4, 0.5) is 0 Å². The Bertz CT molecular complexity index is 730. The Morgan fingerprint density at radius 3 is 2.67 bits per heavy atom. The van der Waals surface area contributed by atoms with Crippen LogP contribution < -0.4 is 0 Å². The maximum absolute atomic E-state index is 12.4. The van der Waals surface area contributed by atoms with Crippen LogP contribution >= 0.6 is 0 Å². The Morgan fingerprint density at radius 2 is 2.00 bits per heavy atom. The molecule has 3 fully saturated rings. The Morgan fingerprint density at radius 1 is 1.30 bits per heavy atom. The molecule has 0 heterocycles. The van der Waals surface area contributed by atoms with Crippen molar-refractivity contribution in [3.8, 4) is 0 Å². The molecule has 6 heteroatoms. The number of hydrogen-bond donors (Lipinski definition) is 3. The fourth-order valence-electron chi connectivity index (χ4n) is 6.92. The van der Waals surface area contributed by atoms with Crippen LogP contribution in [0.2, 0.25) is 0 Å². The van der Waals surface area contributed by atoms with Gasteiger partial charge < -0.3 is 15.3 Å². The molecule has 0 spiro atoms. The van der Waals surface area contributed by atoms with E-state index in [2.05, 4.69) is 6.92 Å². The zero-order chi connectivity index (χ0) is 18.9. The van der Waals surface area contributed by atoms with Gasteiger partial charge in [0.2, 0.25) is 0 Å². The van der Waals surface area contributed by atoms with E-state index in [0.29, 0.717) is 12.8 Å². The van der Waals surface area contributed by atoms with Crippen molar-refractivity contribution in [1.82, 2.24) is 0 Å². The van der Waals surface area contributed by atoms with Crippen LogP contribution in [-0.2, 0) is 9.59 Å². The second kappa shape index (κ2) is 6.89. The van der Waals surface area contributed by atoms with E-state index in [1.165, 1.54) is 0 Å². The normalized spacial score (nSPS) is 48.0. The molecule has 0 aromatic carbocycles. The first kappa shape index (κ1) is 21.4. The fraction of sp³-hybridized carbons (Fsp3) is 0.714. The average Bonchev–Trinajstić information content (AvgIpc) is 2.86. The van der Waals surface area contributed by atoms with Gasteiger partial charge in [0, 0.05) is 16.7 Å². The Balaban J connectivity index is 0.00000210. The van der Waals surface area contributed by atoms with E-state index in [9.17, 15) is 24.9 Å². The minimum atomic E-state index is -1.56. The van der Waals surface area contributed by atoms with E-state index < -0.39 is 29.5 Å². The maximum atomic E-state index is 12.4. The molecule has 27 heavy (non-hydrogen) atoms. The number of fused-ring (bicyclic) bond motifs is 5. The van der Waals surface area contributed by atoms with Gasteiger partial charge in [-0.25, -0.2) is 0 Å². The van der Waals surface area contributed by atoms with Gasteiger partial charge in [0.1, 0.15) is 12.2 Å². The van der Waals surface area contributed by atoms with Crippen LogP contribution in [0.5, 0.6) is 0 Å². The summed E-state index contributed by atoms with van der Waals surface area (Å²) in [6, 6.07) is 0. The molecule has 0 amide bonds. The summed E-state index contributed by atoms with van der Waals surface area (Å²) >= 11 is 0. The quantitative estimate of drug-likeness (QED) is 0.615. The molecular formula is C21H29NaO5. The van der Waals surface area contributed by atoms with E-state index in [-0.39, 0.29) is 58.5 Å². The third-order valence-corrected chi connectivity index (χ3v) is 8.25. The number of allylic oxidation sites excluding steroid dienone is 4. The third kappa shape index (κ3) is 2.73. The van der Waals surface area contributed by atoms with Gasteiger partial charge in [-0.2, -0.15) is 0 Å². The number of aliphatic hydroxyl groups is 3. The Hall–Kier alpha value is -0.300. The predicted octanol–water partition coefficient (Wildman–Crippen LogP) is 0.909. The molecule has 0 unspecified atom stereocenters. The number of Topliss-reactive ketones (excluding diaryl/α,β-unsaturated/α-hetero) is 1. The van der Waals surface area contributed by atoms with Crippen molar-refractivity contribution in [2.75, 3.05) is 6.61 Å². The van der Waals surface area contributed by atoms with Crippen molar-refractivity contribution in [1.29, 1.82) is 0 Å². The van der Waals surface area contributed by atoms with Crippen molar-refractivity contribution < 1.29 is 24.9 Å². The van der Waals surface area contributed by atoms with E-state index in [0.717, 1.165) is 24.8 Å². The summed E-state index contributed by atoms with van der Waals surface area (Å²) in [6.07, 6.45) is 7.68. The number of aliphatic hydroxyl groups excluding tert-OH is 2. The first-order valence-corrected chi connectivity index (χ1v) is 9.66. The summed E-state index contributed by atoms with van der Waals surface area (Å²) in [5.41, 5.74) is -1.54. The average molecular weight is 384 g/mol. The molecule has 0 radical (unpaired) electrons. The van der Waals surface area contributed by atoms with Gasteiger partial charge in [0.05, 0.1) is 6.10 Å². The Labute approximate surface area is 182 Å². The molecule has 5 nitrogen and oxygen atoms in total. The van der Waals surface area contributed by atoms with Crippen molar-refractivity contribution in [3.05, 3.63) is 23.8 Å². The van der Waals surface area contributed by atoms with Crippen LogP contribution in [0.1, 0.15) is 46.0 Å². The molecule has 0 aromatic heterocycles. The standard InChI is InChI=1S/C21H28O5.Na.H/c1-19-7-5-13(23)9-12(19)3-4-14-15-6-8-21(26,17(25)11-22)20(15,2)10-16(24)18(14)19;;/h5,7,9,14-16,18,22,24,26H,3-4,6,8,10-11H2,1-2H3;;/t14-,15-,16-,18+,19-,20-,21-;;/m0../s1. The summed E-state index contributed by atoms with van der Waals surface area (Å²) in [6.45, 7) is 3.34. The summed E-state index contributed by atoms with van der Waals surface area (Å²) < 4.78 is 0. The van der Waals surface area contributed by atoms with Crippen molar-refractivity contribution >= 4 is 41.1 Å². The number of ketones is 2. The number of carbonyl (C=O) groups excluding carboxylic acids is 2. The van der Waals surface area contributed by atoms with Crippen LogP contribution in [0, 0.1) is 28.6 Å². The fourth-order valence-corrected chi connectivity index (χ4v) is 6.92. The van der Waals surface area contributed by atoms with Gasteiger partial charge in [0.25, 0.3) is 0 Å². The predicted molar refractivity (Wildman–Crippen MR) is 102 cm³/mol. The van der Waals surface area contributed by atoms with E-state index >= 15 is 0 Å². The zero-order valence-corrected chi connectivity index (χ0v) is 15.4. The molecular weight excluding hydrogens is 355 g/mol. The molecule has 4 aliphatic carbocycles. The van der Waals surface area contributed by atoms with Gasteiger partial charge in [-0.3, -0.25) is 9.59 Å². The van der Waals surface area contributed by atoms with Gasteiger partial charge in [0.15, 0.2) is 11.6 Å².